The topological polar surface area (TPSA) is 239 Å². The Kier molecular flexibility index (Phi) is 7.87. The van der Waals surface area contributed by atoms with Gasteiger partial charge in [-0.2, -0.15) is 0 Å². The molecule has 0 aromatic carbocycles. The van der Waals surface area contributed by atoms with E-state index in [-0.39, 0.29) is 58.0 Å². The molecular weight excluding hydrogens is 748 g/mol. The molecule has 9 rings (SSSR count). The highest BCUT2D eigenvalue weighted by atomic mass is 17.1. The molecule has 6 saturated carbocycles. The molecule has 14 atom stereocenters. The quantitative estimate of drug-likeness (QED) is 0.0767. The molecule has 0 amide bonds. The molecule has 0 aromatic heterocycles. The van der Waals surface area contributed by atoms with E-state index in [0.29, 0.717) is 18.4 Å². The molecule has 6 fully saturated rings. The van der Waals surface area contributed by atoms with Gasteiger partial charge in [-0.25, -0.2) is 24.1 Å². The number of esters is 5. The summed E-state index contributed by atoms with van der Waals surface area (Å²) in [5.74, 6) is -9.14. The summed E-state index contributed by atoms with van der Waals surface area (Å²) in [5.41, 5.74) is -9.15. The zero-order valence-electron chi connectivity index (χ0n) is 32.4. The maximum atomic E-state index is 14.8. The predicted octanol–water partition coefficient (Wildman–Crippen LogP) is 1.21. The van der Waals surface area contributed by atoms with Crippen molar-refractivity contribution >= 4 is 35.6 Å². The Hall–Kier alpha value is -4.22. The number of ketones is 1. The van der Waals surface area contributed by atoms with Gasteiger partial charge in [0.15, 0.2) is 17.5 Å². The molecule has 2 bridgehead atoms. The van der Waals surface area contributed by atoms with E-state index in [4.69, 9.17) is 28.6 Å². The largest absolute Gasteiger partial charge is 0.466 e. The lowest BCUT2D eigenvalue weighted by atomic mass is 9.35. The van der Waals surface area contributed by atoms with Crippen LogP contribution >= 0.6 is 0 Å². The third-order valence-electron chi connectivity index (χ3n) is 16.4. The smallest absolute Gasteiger partial charge is 0.338 e. The maximum Gasteiger partial charge on any atom is 0.338 e. The molecule has 306 valence electrons. The highest BCUT2D eigenvalue weighted by molar-refractivity contribution is 6.09. The zero-order chi connectivity index (χ0) is 41.2. The van der Waals surface area contributed by atoms with Gasteiger partial charge in [0.2, 0.25) is 0 Å². The van der Waals surface area contributed by atoms with Gasteiger partial charge in [0, 0.05) is 33.5 Å². The highest BCUT2D eigenvalue weighted by Crippen LogP contribution is 2.87. The van der Waals surface area contributed by atoms with Crippen LogP contribution in [0.15, 0.2) is 45.6 Å². The number of cyclic esters (lactones) is 3. The molecular formula is C41H46O16. The van der Waals surface area contributed by atoms with Crippen LogP contribution in [-0.2, 0) is 57.3 Å². The maximum absolute atomic E-state index is 14.8. The normalized spacial score (nSPS) is 49.9. The van der Waals surface area contributed by atoms with Gasteiger partial charge in [-0.15, -0.1) is 0 Å². The fraction of sp³-hybridized carbons (Fsp3) is 0.659. The standard InChI is InChI=1S/C41H46O16/c1-16-7-8-53-35(49)25(42)12-27(43)54-14-19-21-11-26-37(4,22-10-23(22)39(26,50)15-55-32(16)46)36(3)13-24-18-9-20(18)38(5)31(45)29(44)28(17(2)33(47)52-6)30(41(24,38)57-51)40(21,36)56-34(19)48/h7,13,18,20,22-23,25-26,30-31,42,45,50-51H,8-12,14-15H2,1-6H3/b16-7+,28-17?/t18-,20+,22+,23-,25?,26+,30+,31-,36-,37-,38+,39-,40+,41+/m0/s1. The lowest BCUT2D eigenvalue weighted by Crippen LogP contribution is -2.78. The fourth-order valence-corrected chi connectivity index (χ4v) is 13.4. The second-order valence-electron chi connectivity index (χ2n) is 18.1. The number of rotatable bonds is 2. The van der Waals surface area contributed by atoms with Crippen LogP contribution in [0.4, 0.5) is 0 Å². The number of fused-ring (bicyclic) bond motifs is 7. The number of Topliss-reactive ketones (excluding diaryl/α,β-unsaturated/α-hetero) is 1. The fourth-order valence-electron chi connectivity index (χ4n) is 13.4. The Morgan fingerprint density at radius 2 is 1.65 bits per heavy atom. The van der Waals surface area contributed by atoms with E-state index in [1.165, 1.54) is 19.9 Å². The van der Waals surface area contributed by atoms with Crippen LogP contribution in [0.3, 0.4) is 0 Å². The summed E-state index contributed by atoms with van der Waals surface area (Å²) in [4.78, 5) is 87.5. The summed E-state index contributed by atoms with van der Waals surface area (Å²) in [6, 6.07) is 0. The molecule has 0 saturated heterocycles. The average Bonchev–Trinajstić information content (AvgIpc) is 4.10. The number of ether oxygens (including phenoxy) is 5. The molecule has 0 radical (unpaired) electrons. The van der Waals surface area contributed by atoms with Crippen LogP contribution in [0, 0.1) is 51.8 Å². The number of carbonyl (C=O) groups is 6. The second-order valence-corrected chi connectivity index (χ2v) is 18.1. The van der Waals surface area contributed by atoms with Gasteiger partial charge in [0.05, 0.1) is 25.0 Å². The van der Waals surface area contributed by atoms with Crippen molar-refractivity contribution in [1.82, 2.24) is 0 Å². The average molecular weight is 795 g/mol. The number of hydrogen-bond acceptors (Lipinski definition) is 16. The van der Waals surface area contributed by atoms with Gasteiger partial charge in [0.25, 0.3) is 0 Å². The summed E-state index contributed by atoms with van der Waals surface area (Å²) in [6.07, 6.45) is -0.368. The number of hydrogen-bond donors (Lipinski definition) is 4. The molecule has 16 heteroatoms. The summed E-state index contributed by atoms with van der Waals surface area (Å²) >= 11 is 0. The summed E-state index contributed by atoms with van der Waals surface area (Å²) in [7, 11) is 1.13. The molecule has 1 unspecified atom stereocenters. The van der Waals surface area contributed by atoms with E-state index in [1.54, 1.807) is 6.92 Å². The number of carbonyl (C=O) groups excluding carboxylic acids is 6. The van der Waals surface area contributed by atoms with Gasteiger partial charge >= 0.3 is 29.8 Å². The third-order valence-corrected chi connectivity index (χ3v) is 16.4. The van der Waals surface area contributed by atoms with E-state index in [2.05, 4.69) is 0 Å². The van der Waals surface area contributed by atoms with Crippen molar-refractivity contribution in [2.24, 2.45) is 51.8 Å². The predicted molar refractivity (Wildman–Crippen MR) is 187 cm³/mol. The number of aliphatic hydroxyl groups is 3. The van der Waals surface area contributed by atoms with E-state index < -0.39 is 119 Å². The molecule has 16 nitrogen and oxygen atoms in total. The zero-order valence-corrected chi connectivity index (χ0v) is 32.4. The van der Waals surface area contributed by atoms with Crippen molar-refractivity contribution in [3.63, 3.8) is 0 Å². The van der Waals surface area contributed by atoms with E-state index in [1.807, 2.05) is 19.9 Å². The van der Waals surface area contributed by atoms with Crippen LogP contribution in [-0.4, -0.2) is 112 Å². The van der Waals surface area contributed by atoms with Gasteiger partial charge < -0.3 is 39.0 Å². The third kappa shape index (κ3) is 4.20. The van der Waals surface area contributed by atoms with Crippen molar-refractivity contribution < 1.29 is 77.9 Å². The Morgan fingerprint density at radius 1 is 0.930 bits per heavy atom. The first-order valence-electron chi connectivity index (χ1n) is 19.4. The highest BCUT2D eigenvalue weighted by Gasteiger charge is 2.92. The van der Waals surface area contributed by atoms with Crippen LogP contribution in [0.1, 0.15) is 60.3 Å². The number of aliphatic hydroxyl groups excluding tert-OH is 2. The first-order valence-corrected chi connectivity index (χ1v) is 19.4. The summed E-state index contributed by atoms with van der Waals surface area (Å²) < 4.78 is 28.2. The van der Waals surface area contributed by atoms with Crippen LogP contribution in [0.5, 0.6) is 0 Å². The van der Waals surface area contributed by atoms with Gasteiger partial charge in [0.1, 0.15) is 37.1 Å². The van der Waals surface area contributed by atoms with Crippen LogP contribution in [0.25, 0.3) is 0 Å². The van der Waals surface area contributed by atoms with E-state index >= 15 is 0 Å². The monoisotopic (exact) mass is 794 g/mol. The molecule has 7 aliphatic carbocycles. The second kappa shape index (κ2) is 11.7. The lowest BCUT2D eigenvalue weighted by Gasteiger charge is -2.70. The SMILES string of the molecule is COC(=O)C(C)=C1C(=O)[C@H](O)[C@@]2(C)[C@@H]3C[C@@H]3C3=C[C@@]4(C)[C@@]5(C)[C@@H]6C[C@@H]6[C@@]6(O)COC(=O)/C(C)=C/COC(=O)C(O)CC(=O)OCC7=C(C[C@@H]65)[C@@]4(OC7=O)[C@@H]1[C@]32OO. The van der Waals surface area contributed by atoms with Crippen molar-refractivity contribution in [3.05, 3.63) is 45.6 Å². The Bertz CT molecular complexity index is 2110. The Morgan fingerprint density at radius 3 is 2.33 bits per heavy atom. The van der Waals surface area contributed by atoms with Gasteiger partial charge in [-0.05, 0) is 79.4 Å². The Labute approximate surface area is 326 Å². The lowest BCUT2D eigenvalue weighted by molar-refractivity contribution is -0.379. The molecule has 9 aliphatic rings. The van der Waals surface area contributed by atoms with Gasteiger partial charge in [-0.1, -0.05) is 26.8 Å². The van der Waals surface area contributed by atoms with Crippen LogP contribution in [0.2, 0.25) is 0 Å². The molecule has 57 heavy (non-hydrogen) atoms. The van der Waals surface area contributed by atoms with Crippen molar-refractivity contribution in [1.29, 1.82) is 0 Å². The molecule has 2 heterocycles. The first kappa shape index (κ1) is 38.3. The summed E-state index contributed by atoms with van der Waals surface area (Å²) in [6.45, 7) is 6.75. The summed E-state index contributed by atoms with van der Waals surface area (Å²) in [5, 5.41) is 46.7. The molecule has 2 aliphatic heterocycles. The van der Waals surface area contributed by atoms with Gasteiger partial charge in [-0.3, -0.25) is 14.8 Å². The van der Waals surface area contributed by atoms with Crippen molar-refractivity contribution in [3.8, 4) is 0 Å². The van der Waals surface area contributed by atoms with Crippen molar-refractivity contribution in [2.45, 2.75) is 89.3 Å². The first-order chi connectivity index (χ1) is 26.8. The van der Waals surface area contributed by atoms with E-state index in [0.717, 1.165) is 7.11 Å². The van der Waals surface area contributed by atoms with E-state index in [9.17, 15) is 49.3 Å². The molecule has 0 aromatic rings. The van der Waals surface area contributed by atoms with Crippen LogP contribution < -0.4 is 0 Å². The Balaban J connectivity index is 1.33. The van der Waals surface area contributed by atoms with Crippen molar-refractivity contribution in [2.75, 3.05) is 26.9 Å². The minimum absolute atomic E-state index is 0.0639. The number of methoxy groups -OCH3 is 1. The molecule has 4 N–H and O–H groups in total. The minimum atomic E-state index is -1.97. The molecule has 1 spiro atoms. The minimum Gasteiger partial charge on any atom is -0.466 e.